The minimum Gasteiger partial charge on any atom is -0.493 e. The Labute approximate surface area is 182 Å². The Hall–Kier alpha value is -3.66. The zero-order valence-corrected chi connectivity index (χ0v) is 17.5. The van der Waals surface area contributed by atoms with Gasteiger partial charge in [0.2, 0.25) is 0 Å². The average Bonchev–Trinajstić information content (AvgIpc) is 2.77. The van der Waals surface area contributed by atoms with Crippen LogP contribution in [0.4, 0.5) is 5.69 Å². The van der Waals surface area contributed by atoms with Crippen molar-refractivity contribution in [2.45, 2.75) is 13.1 Å². The molecule has 2 heterocycles. The Balaban J connectivity index is 1.95. The van der Waals surface area contributed by atoms with E-state index in [9.17, 15) is 14.9 Å². The molecule has 10 heteroatoms. The van der Waals surface area contributed by atoms with E-state index >= 15 is 0 Å². The Morgan fingerprint density at radius 1 is 1.35 bits per heavy atom. The molecule has 4 rings (SSSR count). The summed E-state index contributed by atoms with van der Waals surface area (Å²) in [5, 5.41) is 22.0. The summed E-state index contributed by atoms with van der Waals surface area (Å²) in [6, 6.07) is 11.6. The van der Waals surface area contributed by atoms with E-state index < -0.39 is 11.1 Å². The number of carbonyl (C=O) groups is 1. The van der Waals surface area contributed by atoms with Crippen molar-refractivity contribution in [2.24, 2.45) is 10.1 Å². The number of thioether (sulfide) groups is 1. The lowest BCUT2D eigenvalue weighted by atomic mass is 10.1. The van der Waals surface area contributed by atoms with Gasteiger partial charge in [-0.25, -0.2) is 5.01 Å². The number of hydrazone groups is 1. The van der Waals surface area contributed by atoms with Crippen molar-refractivity contribution in [3.8, 4) is 5.75 Å². The maximum Gasteiger partial charge on any atom is 0.276 e. The van der Waals surface area contributed by atoms with Gasteiger partial charge in [-0.2, -0.15) is 0 Å². The van der Waals surface area contributed by atoms with Gasteiger partial charge in [0, 0.05) is 28.7 Å². The molecule has 0 saturated heterocycles. The molecule has 158 valence electrons. The third-order valence-electron chi connectivity index (χ3n) is 4.64. The fraction of sp³-hybridized carbons (Fsp3) is 0.190. The van der Waals surface area contributed by atoms with Crippen molar-refractivity contribution in [3.05, 3.63) is 81.4 Å². The van der Waals surface area contributed by atoms with Crippen LogP contribution in [-0.4, -0.2) is 33.4 Å². The van der Waals surface area contributed by atoms with E-state index in [1.54, 1.807) is 24.3 Å². The fourth-order valence-electron chi connectivity index (χ4n) is 3.37. The molecule has 0 aliphatic carbocycles. The lowest BCUT2D eigenvalue weighted by Gasteiger charge is -2.34. The second-order valence-electron chi connectivity index (χ2n) is 6.58. The number of nitro groups is 1. The highest BCUT2D eigenvalue weighted by Gasteiger charge is 2.36. The van der Waals surface area contributed by atoms with Crippen LogP contribution < -0.4 is 20.6 Å². The van der Waals surface area contributed by atoms with Crippen LogP contribution in [-0.2, 0) is 4.79 Å². The number of ether oxygens (including phenoxy) is 1. The SMILES string of the molecule is C=CCSC1=NN2C(=c3ccccc3=NC2c2cc([N+](=O)[O-])ccc2OCC)C(=O)N1. The summed E-state index contributed by atoms with van der Waals surface area (Å²) >= 11 is 1.32. The smallest absolute Gasteiger partial charge is 0.276 e. The van der Waals surface area contributed by atoms with E-state index in [1.165, 1.54) is 28.9 Å². The standard InChI is InChI=1S/C21H19N5O4S/c1-3-11-31-21-23-20(27)18-14-7-5-6-8-16(14)22-19(25(18)24-21)15-12-13(26(28)29)9-10-17(15)30-4-2/h3,5-10,12,19H,1,4,11H2,2H3,(H,23,24,27). The van der Waals surface area contributed by atoms with E-state index in [1.807, 2.05) is 19.1 Å². The number of rotatable bonds is 6. The number of nitrogens with zero attached hydrogens (tertiary/aromatic N) is 4. The van der Waals surface area contributed by atoms with Crippen molar-refractivity contribution >= 4 is 34.2 Å². The molecule has 0 saturated carbocycles. The molecule has 2 aliphatic rings. The van der Waals surface area contributed by atoms with Gasteiger partial charge in [-0.15, -0.1) is 11.7 Å². The number of nitro benzene ring substituents is 1. The minimum absolute atomic E-state index is 0.0965. The second-order valence-corrected chi connectivity index (χ2v) is 7.59. The highest BCUT2D eigenvalue weighted by molar-refractivity contribution is 8.14. The lowest BCUT2D eigenvalue weighted by Crippen LogP contribution is -2.50. The number of benzene rings is 2. The van der Waals surface area contributed by atoms with E-state index in [-0.39, 0.29) is 11.6 Å². The summed E-state index contributed by atoms with van der Waals surface area (Å²) in [5.74, 6) is 0.682. The number of hydrogen-bond donors (Lipinski definition) is 1. The van der Waals surface area contributed by atoms with Crippen LogP contribution in [0.25, 0.3) is 5.70 Å². The molecule has 2 aromatic rings. The lowest BCUT2D eigenvalue weighted by molar-refractivity contribution is -0.385. The van der Waals surface area contributed by atoms with E-state index in [0.29, 0.717) is 45.1 Å². The highest BCUT2D eigenvalue weighted by atomic mass is 32.2. The summed E-state index contributed by atoms with van der Waals surface area (Å²) in [4.78, 5) is 28.8. The maximum absolute atomic E-state index is 13.0. The van der Waals surface area contributed by atoms with Crippen molar-refractivity contribution in [3.63, 3.8) is 0 Å². The molecule has 0 aromatic heterocycles. The molecular weight excluding hydrogens is 418 g/mol. The molecule has 2 aliphatic heterocycles. The number of amidine groups is 1. The van der Waals surface area contributed by atoms with Gasteiger partial charge < -0.3 is 4.74 Å². The molecule has 0 fully saturated rings. The first-order valence-electron chi connectivity index (χ1n) is 9.54. The number of nitrogens with one attached hydrogen (secondary N) is 1. The van der Waals surface area contributed by atoms with Gasteiger partial charge in [0.1, 0.15) is 11.4 Å². The molecule has 1 N–H and O–H groups in total. The first kappa shape index (κ1) is 20.6. The molecule has 0 bridgehead atoms. The van der Waals surface area contributed by atoms with E-state index in [2.05, 4.69) is 17.0 Å². The zero-order chi connectivity index (χ0) is 22.0. The van der Waals surface area contributed by atoms with E-state index in [0.717, 1.165) is 0 Å². The maximum atomic E-state index is 13.0. The van der Waals surface area contributed by atoms with Crippen molar-refractivity contribution < 1.29 is 14.5 Å². The molecule has 0 radical (unpaired) electrons. The van der Waals surface area contributed by atoms with Gasteiger partial charge >= 0.3 is 0 Å². The summed E-state index contributed by atoms with van der Waals surface area (Å²) in [5.41, 5.74) is 0.683. The van der Waals surface area contributed by atoms with Crippen molar-refractivity contribution in [2.75, 3.05) is 12.4 Å². The first-order chi connectivity index (χ1) is 15.0. The molecule has 0 spiro atoms. The first-order valence-corrected chi connectivity index (χ1v) is 10.5. The predicted octanol–water partition coefficient (Wildman–Crippen LogP) is 2.06. The molecule has 1 unspecified atom stereocenters. The number of fused-ring (bicyclic) bond motifs is 2. The van der Waals surface area contributed by atoms with Crippen LogP contribution in [0, 0.1) is 10.1 Å². The molecular formula is C21H19N5O4S. The number of para-hydroxylation sites is 1. The zero-order valence-electron chi connectivity index (χ0n) is 16.6. The molecule has 9 nitrogen and oxygen atoms in total. The topological polar surface area (TPSA) is 109 Å². The largest absolute Gasteiger partial charge is 0.493 e. The summed E-state index contributed by atoms with van der Waals surface area (Å²) < 4.78 is 5.73. The Morgan fingerprint density at radius 2 is 2.16 bits per heavy atom. The number of hydrogen-bond acceptors (Lipinski definition) is 8. The van der Waals surface area contributed by atoms with Crippen LogP contribution in [0.2, 0.25) is 0 Å². The summed E-state index contributed by atoms with van der Waals surface area (Å²) in [7, 11) is 0. The molecule has 31 heavy (non-hydrogen) atoms. The van der Waals surface area contributed by atoms with Gasteiger partial charge in [0.15, 0.2) is 11.3 Å². The van der Waals surface area contributed by atoms with E-state index in [4.69, 9.17) is 9.73 Å². The van der Waals surface area contributed by atoms with Crippen molar-refractivity contribution in [1.82, 2.24) is 10.3 Å². The molecule has 1 atom stereocenters. The van der Waals surface area contributed by atoms with Crippen LogP contribution in [0.5, 0.6) is 5.75 Å². The van der Waals surface area contributed by atoms with Gasteiger partial charge in [0.25, 0.3) is 11.6 Å². The monoisotopic (exact) mass is 437 g/mol. The Bertz CT molecular complexity index is 1230. The number of amides is 1. The van der Waals surface area contributed by atoms with Gasteiger partial charge in [0.05, 0.1) is 16.9 Å². The molecule has 1 amide bonds. The normalized spacial score (nSPS) is 17.0. The van der Waals surface area contributed by atoms with Crippen molar-refractivity contribution in [1.29, 1.82) is 0 Å². The van der Waals surface area contributed by atoms with Crippen LogP contribution in [0.3, 0.4) is 0 Å². The summed E-state index contributed by atoms with van der Waals surface area (Å²) in [6.07, 6.45) is 0.899. The second kappa shape index (κ2) is 8.60. The Morgan fingerprint density at radius 3 is 2.90 bits per heavy atom. The number of non-ortho nitro benzene ring substituents is 1. The van der Waals surface area contributed by atoms with Gasteiger partial charge in [-0.05, 0) is 19.1 Å². The average molecular weight is 437 g/mol. The molecule has 2 aromatic carbocycles. The Kier molecular flexibility index (Phi) is 5.72. The number of carbonyl (C=O) groups excluding carboxylic acids is 1. The van der Waals surface area contributed by atoms with Crippen LogP contribution in [0.15, 0.2) is 65.2 Å². The highest BCUT2D eigenvalue weighted by Crippen LogP contribution is 2.37. The third kappa shape index (κ3) is 3.89. The van der Waals surface area contributed by atoms with Gasteiger partial charge in [-0.1, -0.05) is 36.0 Å². The van der Waals surface area contributed by atoms with Crippen LogP contribution in [0.1, 0.15) is 18.7 Å². The quantitative estimate of drug-likeness (QED) is 0.421. The van der Waals surface area contributed by atoms with Crippen LogP contribution >= 0.6 is 11.8 Å². The predicted molar refractivity (Wildman–Crippen MR) is 118 cm³/mol. The summed E-state index contributed by atoms with van der Waals surface area (Å²) in [6.45, 7) is 5.89. The van der Waals surface area contributed by atoms with Gasteiger partial charge in [-0.3, -0.25) is 25.2 Å². The minimum atomic E-state index is -0.809. The third-order valence-corrected chi connectivity index (χ3v) is 5.50. The fourth-order valence-corrected chi connectivity index (χ4v) is 3.96.